The Morgan fingerprint density at radius 2 is 2.05 bits per heavy atom. The fraction of sp³-hybridized carbons (Fsp3) is 0.273. The molecule has 1 aromatic heterocycles. The van der Waals surface area contributed by atoms with Gasteiger partial charge in [-0.15, -0.1) is 10.2 Å². The number of nitrogens with zero attached hydrogens (tertiary/aromatic N) is 2. The highest BCUT2D eigenvalue weighted by molar-refractivity contribution is 7.89. The van der Waals surface area contributed by atoms with Gasteiger partial charge < -0.3 is 5.73 Å². The van der Waals surface area contributed by atoms with Gasteiger partial charge in [-0.25, -0.2) is 13.1 Å². The van der Waals surface area contributed by atoms with E-state index in [1.807, 2.05) is 0 Å². The Labute approximate surface area is 136 Å². The molecule has 2 rings (SSSR count). The number of nitrogen functional groups attached to an aromatic ring is 1. The molecule has 0 bridgehead atoms. The molecule has 1 heterocycles. The Bertz CT molecular complexity index is 734. The first-order valence-electron chi connectivity index (χ1n) is 5.91. The predicted octanol–water partition coefficient (Wildman–Crippen LogP) is 2.34. The molecule has 3 N–H and O–H groups in total. The lowest BCUT2D eigenvalue weighted by molar-refractivity contribution is 0.579. The maximum Gasteiger partial charge on any atom is 0.242 e. The Morgan fingerprint density at radius 3 is 2.71 bits per heavy atom. The first kappa shape index (κ1) is 16.4. The summed E-state index contributed by atoms with van der Waals surface area (Å²) >= 11 is 13.0. The van der Waals surface area contributed by atoms with Crippen LogP contribution >= 0.6 is 34.5 Å². The molecule has 0 saturated carbocycles. The van der Waals surface area contributed by atoms with Crippen LogP contribution in [0.3, 0.4) is 0 Å². The molecule has 0 unspecified atom stereocenters. The first-order valence-corrected chi connectivity index (χ1v) is 8.96. The normalized spacial score (nSPS) is 11.7. The number of hydrogen-bond donors (Lipinski definition) is 2. The van der Waals surface area contributed by atoms with Crippen LogP contribution in [0.25, 0.3) is 0 Å². The summed E-state index contributed by atoms with van der Waals surface area (Å²) in [6.07, 6.45) is 1.17. The third-order valence-electron chi connectivity index (χ3n) is 2.52. The number of aromatic nitrogens is 2. The number of nitrogens with two attached hydrogens (primary N) is 1. The molecule has 0 radical (unpaired) electrons. The van der Waals surface area contributed by atoms with Crippen molar-refractivity contribution in [2.24, 2.45) is 0 Å². The van der Waals surface area contributed by atoms with Gasteiger partial charge in [0.2, 0.25) is 15.2 Å². The third kappa shape index (κ3) is 4.52. The van der Waals surface area contributed by atoms with Gasteiger partial charge in [0.15, 0.2) is 0 Å². The summed E-state index contributed by atoms with van der Waals surface area (Å²) in [6.45, 7) is 0.255. The second-order valence-electron chi connectivity index (χ2n) is 4.11. The monoisotopic (exact) mass is 366 g/mol. The molecule has 1 aromatic carbocycles. The van der Waals surface area contributed by atoms with Gasteiger partial charge in [-0.1, -0.05) is 34.5 Å². The topological polar surface area (TPSA) is 98.0 Å². The van der Waals surface area contributed by atoms with Crippen LogP contribution in [0, 0.1) is 0 Å². The molecule has 0 amide bonds. The molecule has 0 aliphatic heterocycles. The Kier molecular flexibility index (Phi) is 5.39. The number of anilines is 1. The maximum atomic E-state index is 12.1. The molecule has 6 nitrogen and oxygen atoms in total. The van der Waals surface area contributed by atoms with E-state index in [0.29, 0.717) is 23.0 Å². The molecule has 0 spiro atoms. The van der Waals surface area contributed by atoms with Crippen LogP contribution in [-0.2, 0) is 16.4 Å². The van der Waals surface area contributed by atoms with Crippen molar-refractivity contribution in [3.8, 4) is 0 Å². The van der Waals surface area contributed by atoms with Gasteiger partial charge >= 0.3 is 0 Å². The zero-order chi connectivity index (χ0) is 15.5. The van der Waals surface area contributed by atoms with Crippen molar-refractivity contribution in [1.29, 1.82) is 0 Å². The van der Waals surface area contributed by atoms with E-state index >= 15 is 0 Å². The molecular formula is C11H12Cl2N4O2S2. The van der Waals surface area contributed by atoms with Crippen molar-refractivity contribution in [3.63, 3.8) is 0 Å². The van der Waals surface area contributed by atoms with Gasteiger partial charge in [0.1, 0.15) is 9.90 Å². The van der Waals surface area contributed by atoms with Crippen LogP contribution in [0.1, 0.15) is 11.4 Å². The van der Waals surface area contributed by atoms with Crippen LogP contribution in [-0.4, -0.2) is 25.2 Å². The maximum absolute atomic E-state index is 12.1. The lowest BCUT2D eigenvalue weighted by Gasteiger charge is -2.08. The second kappa shape index (κ2) is 6.89. The number of benzene rings is 1. The first-order chi connectivity index (χ1) is 9.88. The van der Waals surface area contributed by atoms with E-state index in [9.17, 15) is 8.42 Å². The smallest absolute Gasteiger partial charge is 0.242 e. The van der Waals surface area contributed by atoms with E-state index in [2.05, 4.69) is 14.9 Å². The predicted molar refractivity (Wildman–Crippen MR) is 84.3 cm³/mol. The van der Waals surface area contributed by atoms with Crippen molar-refractivity contribution in [3.05, 3.63) is 33.3 Å². The van der Waals surface area contributed by atoms with E-state index in [4.69, 9.17) is 28.9 Å². The van der Waals surface area contributed by atoms with E-state index in [1.54, 1.807) is 0 Å². The zero-order valence-electron chi connectivity index (χ0n) is 10.7. The molecule has 0 saturated heterocycles. The van der Waals surface area contributed by atoms with Crippen molar-refractivity contribution < 1.29 is 8.42 Å². The molecule has 0 aliphatic carbocycles. The van der Waals surface area contributed by atoms with Crippen molar-refractivity contribution in [2.45, 2.75) is 17.7 Å². The van der Waals surface area contributed by atoms with Gasteiger partial charge in [-0.2, -0.15) is 0 Å². The van der Waals surface area contributed by atoms with Crippen LogP contribution in [0.15, 0.2) is 23.1 Å². The highest BCUT2D eigenvalue weighted by Crippen LogP contribution is 2.24. The molecule has 0 atom stereocenters. The largest absolute Gasteiger partial charge is 0.374 e. The third-order valence-corrected chi connectivity index (χ3v) is 5.51. The quantitative estimate of drug-likeness (QED) is 0.764. The minimum absolute atomic E-state index is 0.0307. The summed E-state index contributed by atoms with van der Waals surface area (Å²) in [6, 6.07) is 4.29. The van der Waals surface area contributed by atoms with Gasteiger partial charge in [0.25, 0.3) is 0 Å². The minimum Gasteiger partial charge on any atom is -0.374 e. The van der Waals surface area contributed by atoms with Gasteiger partial charge in [-0.05, 0) is 24.6 Å². The Hall–Kier alpha value is -0.930. The van der Waals surface area contributed by atoms with Gasteiger partial charge in [0, 0.05) is 18.0 Å². The van der Waals surface area contributed by atoms with Crippen molar-refractivity contribution >= 4 is 49.7 Å². The van der Waals surface area contributed by atoms with E-state index in [0.717, 1.165) is 5.01 Å². The summed E-state index contributed by atoms with van der Waals surface area (Å²) < 4.78 is 26.7. The number of rotatable bonds is 6. The molecular weight excluding hydrogens is 355 g/mol. The van der Waals surface area contributed by atoms with Crippen LogP contribution in [0.2, 0.25) is 10.0 Å². The molecule has 0 fully saturated rings. The zero-order valence-corrected chi connectivity index (χ0v) is 13.9. The average molecular weight is 367 g/mol. The van der Waals surface area contributed by atoms with Crippen LogP contribution in [0.4, 0.5) is 5.13 Å². The second-order valence-corrected chi connectivity index (χ2v) is 7.78. The summed E-state index contributed by atoms with van der Waals surface area (Å²) in [5.41, 5.74) is 5.47. The highest BCUT2D eigenvalue weighted by Gasteiger charge is 2.17. The standard InChI is InChI=1S/C11H12Cl2N4O2S2/c12-7-3-4-8(13)9(6-7)21(18,19)15-5-1-2-10-16-17-11(14)20-10/h3-4,6,15H,1-2,5H2,(H2,14,17). The molecule has 21 heavy (non-hydrogen) atoms. The minimum atomic E-state index is -3.69. The van der Waals surface area contributed by atoms with Crippen molar-refractivity contribution in [2.75, 3.05) is 12.3 Å². The molecule has 10 heteroatoms. The summed E-state index contributed by atoms with van der Waals surface area (Å²) in [4.78, 5) is -0.0307. The van der Waals surface area contributed by atoms with Crippen LogP contribution in [0.5, 0.6) is 0 Å². The number of halogens is 2. The van der Waals surface area contributed by atoms with E-state index in [1.165, 1.54) is 29.5 Å². The summed E-state index contributed by atoms with van der Waals surface area (Å²) in [5.74, 6) is 0. The fourth-order valence-electron chi connectivity index (χ4n) is 1.57. The lowest BCUT2D eigenvalue weighted by atomic mass is 10.3. The number of nitrogens with one attached hydrogen (secondary N) is 1. The number of sulfonamides is 1. The number of hydrogen-bond acceptors (Lipinski definition) is 6. The highest BCUT2D eigenvalue weighted by atomic mass is 35.5. The molecule has 114 valence electrons. The molecule has 0 aliphatic rings. The Balaban J connectivity index is 1.94. The average Bonchev–Trinajstić information content (AvgIpc) is 2.83. The lowest BCUT2D eigenvalue weighted by Crippen LogP contribution is -2.25. The summed E-state index contributed by atoms with van der Waals surface area (Å²) in [7, 11) is -3.69. The summed E-state index contributed by atoms with van der Waals surface area (Å²) in [5, 5.41) is 9.16. The number of aryl methyl sites for hydroxylation is 1. The van der Waals surface area contributed by atoms with E-state index in [-0.39, 0.29) is 16.5 Å². The Morgan fingerprint density at radius 1 is 1.29 bits per heavy atom. The van der Waals surface area contributed by atoms with E-state index < -0.39 is 10.0 Å². The van der Waals surface area contributed by atoms with Crippen LogP contribution < -0.4 is 10.5 Å². The SMILES string of the molecule is Nc1nnc(CCCNS(=O)(=O)c2cc(Cl)ccc2Cl)s1. The van der Waals surface area contributed by atoms with Gasteiger partial charge in [-0.3, -0.25) is 0 Å². The van der Waals surface area contributed by atoms with Crippen molar-refractivity contribution in [1.82, 2.24) is 14.9 Å². The fourth-order valence-corrected chi connectivity index (χ4v) is 4.06. The van der Waals surface area contributed by atoms with Gasteiger partial charge in [0.05, 0.1) is 5.02 Å². The molecule has 2 aromatic rings.